The largest absolute Gasteiger partial charge is 1.00 e. The topological polar surface area (TPSA) is 323 Å². The fourth-order valence-corrected chi connectivity index (χ4v) is 7.01. The Bertz CT molecular complexity index is 2860. The van der Waals surface area contributed by atoms with E-state index in [2.05, 4.69) is 40.1 Å². The number of azo groups is 3. The van der Waals surface area contributed by atoms with E-state index in [1.165, 1.54) is 60.7 Å². The quantitative estimate of drug-likeness (QED) is 0.0212. The number of benzene rings is 6. The minimum atomic E-state index is -4.93. The number of aryl methyl sites for hydroxylation is 1. The second-order valence-corrected chi connectivity index (χ2v) is 14.9. The van der Waals surface area contributed by atoms with E-state index in [9.17, 15) is 41.4 Å². The Hall–Kier alpha value is -3.80. The number of nitrogens with two attached hydrogens (primary N) is 2. The molecular weight excluding hydrogens is 865 g/mol. The number of aromatic hydroxyl groups is 2. The monoisotopic (exact) mass is 887 g/mol. The molecule has 0 amide bonds. The molecule has 0 atom stereocenters. The van der Waals surface area contributed by atoms with Gasteiger partial charge in [0.25, 0.3) is 0 Å². The van der Waals surface area contributed by atoms with Crippen molar-refractivity contribution in [1.29, 1.82) is 0 Å². The van der Waals surface area contributed by atoms with Crippen LogP contribution in [0.3, 0.4) is 0 Å². The summed E-state index contributed by atoms with van der Waals surface area (Å²) >= 11 is 0.421. The van der Waals surface area contributed by atoms with E-state index in [0.29, 0.717) is 34.1 Å². The maximum absolute atomic E-state index is 11.6. The molecule has 6 aromatic carbocycles. The zero-order valence-electron chi connectivity index (χ0n) is 31.0. The van der Waals surface area contributed by atoms with Crippen LogP contribution in [0.2, 0.25) is 0 Å². The second kappa shape index (κ2) is 21.1. The number of nitrogen functional groups attached to an aromatic ring is 2. The third-order valence-electron chi connectivity index (χ3n) is 7.81. The number of anilines is 2. The van der Waals surface area contributed by atoms with E-state index in [1.807, 2.05) is 0 Å². The van der Waals surface area contributed by atoms with Crippen molar-refractivity contribution in [2.24, 2.45) is 30.7 Å². The molecule has 0 unspecified atom stereocenters. The number of hydrogen-bond acceptors (Lipinski definition) is 20. The number of phenolic OH excluding ortho intramolecular Hbond substituents is 2. The summed E-state index contributed by atoms with van der Waals surface area (Å²) in [6.45, 7) is 1.65. The Labute approximate surface area is 386 Å². The van der Waals surface area contributed by atoms with Gasteiger partial charge in [0.05, 0.1) is 55.2 Å². The fraction of sp³-hybridized carbons (Fsp3) is 0.0303. The minimum absolute atomic E-state index is 0. The van der Waals surface area contributed by atoms with Gasteiger partial charge in [-0.25, -0.2) is 16.8 Å². The average Bonchev–Trinajstić information content (AvgIpc) is 3.12. The molecule has 59 heavy (non-hydrogen) atoms. The molecule has 6 N–H and O–H groups in total. The third-order valence-corrected chi connectivity index (χ3v) is 10.2. The van der Waals surface area contributed by atoms with E-state index >= 15 is 0 Å². The number of nitrogens with zero attached hydrogens (tertiary/aromatic N) is 6. The Balaban J connectivity index is 0.00000300. The van der Waals surface area contributed by atoms with Gasteiger partial charge in [0, 0.05) is 28.5 Å². The summed E-state index contributed by atoms with van der Waals surface area (Å²) in [5.74, 6) is -0.836. The first kappa shape index (κ1) is 51.3. The number of phenols is 2. The summed E-state index contributed by atoms with van der Waals surface area (Å²) in [6.07, 6.45) is 0. The van der Waals surface area contributed by atoms with Gasteiger partial charge >= 0.3 is 56.6 Å². The molecule has 0 aliphatic rings. The van der Waals surface area contributed by atoms with Crippen LogP contribution >= 0.6 is 12.0 Å². The van der Waals surface area contributed by atoms with Crippen molar-refractivity contribution in [3.63, 3.8) is 0 Å². The molecule has 19 nitrogen and oxygen atoms in total. The van der Waals surface area contributed by atoms with E-state index < -0.39 is 30.9 Å². The van der Waals surface area contributed by atoms with Crippen LogP contribution in [0, 0.1) is 6.92 Å². The van der Waals surface area contributed by atoms with Gasteiger partial charge in [0.2, 0.25) is 0 Å². The number of hydrogen-bond donors (Lipinski definition) is 4. The van der Waals surface area contributed by atoms with E-state index in [4.69, 9.17) is 11.5 Å². The molecule has 0 aliphatic heterocycles. The van der Waals surface area contributed by atoms with Crippen molar-refractivity contribution in [3.8, 4) is 11.5 Å². The molecule has 1 radical (unpaired) electrons. The Morgan fingerprint density at radius 2 is 1.25 bits per heavy atom. The molecule has 26 heteroatoms. The number of fused-ring (bicyclic) bond motifs is 2. The second-order valence-electron chi connectivity index (χ2n) is 11.4. The van der Waals surface area contributed by atoms with Crippen molar-refractivity contribution >= 4 is 99.3 Å². The molecule has 0 aromatic heterocycles. The van der Waals surface area contributed by atoms with Gasteiger partial charge in [0.1, 0.15) is 43.0 Å². The van der Waals surface area contributed by atoms with Crippen LogP contribution in [0.1, 0.15) is 5.56 Å². The summed E-state index contributed by atoms with van der Waals surface area (Å²) < 4.78 is 74.0. The van der Waals surface area contributed by atoms with Crippen LogP contribution in [-0.2, 0) is 46.7 Å². The average molecular weight is 888 g/mol. The first-order chi connectivity index (χ1) is 26.0. The van der Waals surface area contributed by atoms with Crippen molar-refractivity contribution in [3.05, 3.63) is 90.5 Å². The molecule has 6 aromatic rings. The Morgan fingerprint density at radius 3 is 1.92 bits per heavy atom. The number of rotatable bonds is 11. The first-order valence-corrected chi connectivity index (χ1v) is 18.7. The normalized spacial score (nSPS) is 11.7. The minimum Gasteiger partial charge on any atom is -0.744 e. The SMILES string of the molecule is Cc1cc(N=Nc2c(SOO[O-])cc3ccc(N=Nc4cc(S(=O)(=O)[O-])c(N)cc4N)cc3c2O)c(O)cc1N=Nc1ccc2c(S(=O)(=O)[O-])cccc2c1.[Cu].[Li+].[Li+].[Li+]. The maximum atomic E-state index is 11.6. The smallest absolute Gasteiger partial charge is 0.744 e. The van der Waals surface area contributed by atoms with Crippen LogP contribution in [0.25, 0.3) is 21.5 Å². The standard InChI is InChI=1S/C33H26N8O11S3.Cu.3Li/c1-16-9-27(28(42)14-25(16)38-36-19-7-8-21-17(10-19)3-2-4-30(21)54(45,46)47)40-41-32-29(53-52-51-44)11-18-5-6-20(12-22(18)33(32)43)37-39-26-15-31(55(48,49)50)24(35)13-23(26)34;;;;/h2-15,42-44H,34-35H2,1H3,(H,45,46,47)(H,48,49,50);;;;/q;;3*+1/p-3. The molecule has 293 valence electrons. The van der Waals surface area contributed by atoms with Crippen LogP contribution in [0.15, 0.2) is 130 Å². The van der Waals surface area contributed by atoms with Crippen LogP contribution in [0.4, 0.5) is 45.5 Å². The van der Waals surface area contributed by atoms with Gasteiger partial charge in [-0.15, -0.1) is 15.3 Å². The molecule has 0 aliphatic carbocycles. The molecule has 0 bridgehead atoms. The van der Waals surface area contributed by atoms with Crippen LogP contribution in [0.5, 0.6) is 11.5 Å². The molecular formula is C33H23CuLi3N8O11S3. The van der Waals surface area contributed by atoms with E-state index in [-0.39, 0.29) is 140 Å². The van der Waals surface area contributed by atoms with E-state index in [0.717, 1.165) is 12.1 Å². The molecule has 0 spiro atoms. The summed E-state index contributed by atoms with van der Waals surface area (Å²) in [6, 6.07) is 19.3. The summed E-state index contributed by atoms with van der Waals surface area (Å²) in [5.41, 5.74) is 11.9. The first-order valence-electron chi connectivity index (χ1n) is 15.2. The van der Waals surface area contributed by atoms with Crippen molar-refractivity contribution in [1.82, 2.24) is 0 Å². The van der Waals surface area contributed by atoms with Crippen molar-refractivity contribution < 1.29 is 124 Å². The Kier molecular flexibility index (Phi) is 18.4. The Morgan fingerprint density at radius 1 is 0.644 bits per heavy atom. The van der Waals surface area contributed by atoms with Gasteiger partial charge in [-0.3, -0.25) is 5.04 Å². The van der Waals surface area contributed by atoms with Crippen LogP contribution in [-0.4, -0.2) is 36.2 Å². The molecule has 0 saturated carbocycles. The third kappa shape index (κ3) is 11.9. The van der Waals surface area contributed by atoms with Crippen molar-refractivity contribution in [2.45, 2.75) is 21.6 Å². The van der Waals surface area contributed by atoms with Gasteiger partial charge < -0.3 is 36.0 Å². The molecule has 0 fully saturated rings. The molecule has 0 saturated heterocycles. The fourth-order valence-electron chi connectivity index (χ4n) is 5.22. The maximum Gasteiger partial charge on any atom is 1.00 e. The van der Waals surface area contributed by atoms with Gasteiger partial charge in [-0.05, 0) is 83.2 Å². The summed E-state index contributed by atoms with van der Waals surface area (Å²) in [5, 5.41) is 61.9. The van der Waals surface area contributed by atoms with Gasteiger partial charge in [-0.2, -0.15) is 19.7 Å². The zero-order chi connectivity index (χ0) is 39.7. The molecule has 6 rings (SSSR count). The molecule has 0 heterocycles. The summed E-state index contributed by atoms with van der Waals surface area (Å²) in [7, 11) is -9.63. The van der Waals surface area contributed by atoms with E-state index in [1.54, 1.807) is 19.1 Å². The summed E-state index contributed by atoms with van der Waals surface area (Å²) in [4.78, 5) is -1.01. The van der Waals surface area contributed by atoms with Gasteiger partial charge in [-0.1, -0.05) is 24.3 Å². The predicted molar refractivity (Wildman–Crippen MR) is 194 cm³/mol. The zero-order valence-corrected chi connectivity index (χ0v) is 34.4. The van der Waals surface area contributed by atoms with Crippen molar-refractivity contribution in [2.75, 3.05) is 11.5 Å². The predicted octanol–water partition coefficient (Wildman–Crippen LogP) is -1.83. The van der Waals surface area contributed by atoms with Crippen LogP contribution < -0.4 is 73.3 Å². The van der Waals surface area contributed by atoms with Gasteiger partial charge in [0.15, 0.2) is 5.75 Å².